The van der Waals surface area contributed by atoms with E-state index in [1.54, 1.807) is 0 Å². The van der Waals surface area contributed by atoms with Gasteiger partial charge in [0.2, 0.25) is 0 Å². The van der Waals surface area contributed by atoms with Gasteiger partial charge in [0.15, 0.2) is 0 Å². The Morgan fingerprint density at radius 1 is 1.10 bits per heavy atom. The van der Waals surface area contributed by atoms with Crippen molar-refractivity contribution in [3.63, 3.8) is 0 Å². The number of amides is 2. The maximum atomic E-state index is 12.6. The molecule has 3 heteroatoms. The van der Waals surface area contributed by atoms with Gasteiger partial charge in [0.25, 0.3) is 0 Å². The summed E-state index contributed by atoms with van der Waals surface area (Å²) in [5, 5.41) is 3.13. The monoisotopic (exact) mass is 286 g/mol. The molecule has 0 aromatic heterocycles. The van der Waals surface area contributed by atoms with Crippen molar-refractivity contribution >= 4 is 11.7 Å². The fourth-order valence-corrected chi connectivity index (χ4v) is 3.98. The van der Waals surface area contributed by atoms with Crippen LogP contribution >= 0.6 is 0 Å². The fourth-order valence-electron chi connectivity index (χ4n) is 3.98. The summed E-state index contributed by atoms with van der Waals surface area (Å²) >= 11 is 0. The number of hydrogen-bond acceptors (Lipinski definition) is 1. The molecule has 2 fully saturated rings. The summed E-state index contributed by atoms with van der Waals surface area (Å²) < 4.78 is 0. The number of nitrogens with one attached hydrogen (secondary N) is 1. The van der Waals surface area contributed by atoms with Gasteiger partial charge >= 0.3 is 6.03 Å². The first kappa shape index (κ1) is 14.4. The Morgan fingerprint density at radius 3 is 2.48 bits per heavy atom. The highest BCUT2D eigenvalue weighted by atomic mass is 16.2. The van der Waals surface area contributed by atoms with Gasteiger partial charge in [-0.2, -0.15) is 0 Å². The Balaban J connectivity index is 1.66. The number of benzene rings is 1. The predicted octanol–water partition coefficient (Wildman–Crippen LogP) is 4.35. The van der Waals surface area contributed by atoms with Crippen LogP contribution in [0.4, 0.5) is 10.5 Å². The topological polar surface area (TPSA) is 32.3 Å². The van der Waals surface area contributed by atoms with E-state index in [2.05, 4.69) is 31.3 Å². The van der Waals surface area contributed by atoms with E-state index in [0.29, 0.717) is 0 Å². The number of fused-ring (bicyclic) bond motifs is 1. The van der Waals surface area contributed by atoms with E-state index in [0.717, 1.165) is 41.7 Å². The van der Waals surface area contributed by atoms with Crippen LogP contribution in [0.25, 0.3) is 0 Å². The molecule has 1 saturated carbocycles. The summed E-state index contributed by atoms with van der Waals surface area (Å²) in [4.78, 5) is 14.6. The van der Waals surface area contributed by atoms with Crippen molar-refractivity contribution in [1.82, 2.24) is 4.90 Å². The van der Waals surface area contributed by atoms with E-state index >= 15 is 0 Å². The molecule has 0 bridgehead atoms. The second-order valence-corrected chi connectivity index (χ2v) is 6.74. The maximum absolute atomic E-state index is 12.6. The fraction of sp³-hybridized carbons (Fsp3) is 0.611. The van der Waals surface area contributed by atoms with Crippen molar-refractivity contribution < 1.29 is 4.79 Å². The number of nitrogens with zero attached hydrogens (tertiary/aromatic N) is 1. The molecule has 1 aromatic rings. The third kappa shape index (κ3) is 3.07. The van der Waals surface area contributed by atoms with Crippen LogP contribution in [-0.2, 0) is 0 Å². The Morgan fingerprint density at radius 2 is 1.76 bits per heavy atom. The van der Waals surface area contributed by atoms with Gasteiger partial charge in [-0.1, -0.05) is 37.5 Å². The third-order valence-corrected chi connectivity index (χ3v) is 5.29. The van der Waals surface area contributed by atoms with Crippen LogP contribution < -0.4 is 5.32 Å². The second-order valence-electron chi connectivity index (χ2n) is 6.74. The van der Waals surface area contributed by atoms with Crippen molar-refractivity contribution in [3.05, 3.63) is 29.3 Å². The molecule has 2 atom stereocenters. The Bertz CT molecular complexity index is 506. The van der Waals surface area contributed by atoms with Crippen LogP contribution in [-0.4, -0.2) is 24.0 Å². The zero-order chi connectivity index (χ0) is 14.8. The number of rotatable bonds is 1. The lowest BCUT2D eigenvalue weighted by molar-refractivity contribution is 0.108. The molecule has 2 amide bonds. The summed E-state index contributed by atoms with van der Waals surface area (Å²) in [5.74, 6) is 1.60. The highest BCUT2D eigenvalue weighted by Crippen LogP contribution is 2.36. The molecular formula is C18H26N2O. The van der Waals surface area contributed by atoms with Crippen LogP contribution in [0.3, 0.4) is 0 Å². The van der Waals surface area contributed by atoms with E-state index in [9.17, 15) is 4.79 Å². The summed E-state index contributed by atoms with van der Waals surface area (Å²) in [6.45, 7) is 5.96. The molecule has 1 aliphatic heterocycles. The minimum absolute atomic E-state index is 0.0800. The molecule has 1 heterocycles. The van der Waals surface area contributed by atoms with Gasteiger partial charge in [0, 0.05) is 18.8 Å². The van der Waals surface area contributed by atoms with Gasteiger partial charge in [0.1, 0.15) is 0 Å². The van der Waals surface area contributed by atoms with Crippen molar-refractivity contribution in [2.75, 3.05) is 18.4 Å². The van der Waals surface area contributed by atoms with Crippen molar-refractivity contribution in [3.8, 4) is 0 Å². The number of anilines is 1. The zero-order valence-corrected chi connectivity index (χ0v) is 13.2. The number of urea groups is 1. The maximum Gasteiger partial charge on any atom is 0.321 e. The number of carbonyl (C=O) groups excluding carboxylic acids is 1. The molecular weight excluding hydrogens is 260 g/mol. The molecule has 2 aliphatic rings. The number of para-hydroxylation sites is 1. The molecule has 3 rings (SSSR count). The number of aryl methyl sites for hydroxylation is 2. The largest absolute Gasteiger partial charge is 0.324 e. The first-order valence-electron chi connectivity index (χ1n) is 8.27. The molecule has 1 N–H and O–H groups in total. The van der Waals surface area contributed by atoms with E-state index in [1.807, 2.05) is 11.0 Å². The van der Waals surface area contributed by atoms with Crippen LogP contribution in [0.1, 0.15) is 43.2 Å². The zero-order valence-electron chi connectivity index (χ0n) is 13.2. The summed E-state index contributed by atoms with van der Waals surface area (Å²) in [6, 6.07) is 6.22. The standard InChI is InChI=1S/C18H26N2O/c1-13-6-5-7-14(2)17(13)19-18(21)20-11-10-15-8-3-4-9-16(15)12-20/h5-7,15-16H,3-4,8-12H2,1-2H3,(H,19,21)/t15-,16+/m0/s1. The normalized spacial score (nSPS) is 25.3. The van der Waals surface area contributed by atoms with Gasteiger partial charge in [-0.3, -0.25) is 0 Å². The van der Waals surface area contributed by atoms with Gasteiger partial charge in [-0.25, -0.2) is 4.79 Å². The minimum atomic E-state index is 0.0800. The average Bonchev–Trinajstić information content (AvgIpc) is 2.50. The SMILES string of the molecule is Cc1cccc(C)c1NC(=O)N1CC[C@@H]2CCCC[C@@H]2C1. The van der Waals surface area contributed by atoms with Crippen molar-refractivity contribution in [2.24, 2.45) is 11.8 Å². The molecule has 0 unspecified atom stereocenters. The second kappa shape index (κ2) is 6.08. The van der Waals surface area contributed by atoms with Gasteiger partial charge < -0.3 is 10.2 Å². The predicted molar refractivity (Wildman–Crippen MR) is 86.6 cm³/mol. The molecule has 0 spiro atoms. The summed E-state index contributed by atoms with van der Waals surface area (Å²) in [7, 11) is 0. The Labute approximate surface area is 127 Å². The number of hydrogen-bond donors (Lipinski definition) is 1. The molecule has 0 radical (unpaired) electrons. The van der Waals surface area contributed by atoms with E-state index < -0.39 is 0 Å². The van der Waals surface area contributed by atoms with E-state index in [4.69, 9.17) is 0 Å². The minimum Gasteiger partial charge on any atom is -0.324 e. The smallest absolute Gasteiger partial charge is 0.321 e. The lowest BCUT2D eigenvalue weighted by Crippen LogP contribution is -2.46. The van der Waals surface area contributed by atoms with Crippen LogP contribution in [0.15, 0.2) is 18.2 Å². The lowest BCUT2D eigenvalue weighted by Gasteiger charge is -2.41. The number of piperidine rings is 1. The highest BCUT2D eigenvalue weighted by molar-refractivity contribution is 5.91. The van der Waals surface area contributed by atoms with E-state index in [-0.39, 0.29) is 6.03 Å². The summed E-state index contributed by atoms with van der Waals surface area (Å²) in [6.07, 6.45) is 6.59. The first-order valence-corrected chi connectivity index (χ1v) is 8.27. The molecule has 1 aliphatic carbocycles. The van der Waals surface area contributed by atoms with Crippen LogP contribution in [0.2, 0.25) is 0 Å². The van der Waals surface area contributed by atoms with Gasteiger partial charge in [0.05, 0.1) is 0 Å². The number of carbonyl (C=O) groups is 1. The third-order valence-electron chi connectivity index (χ3n) is 5.29. The Kier molecular flexibility index (Phi) is 4.18. The molecule has 3 nitrogen and oxygen atoms in total. The summed E-state index contributed by atoms with van der Waals surface area (Å²) in [5.41, 5.74) is 3.25. The Hall–Kier alpha value is -1.51. The highest BCUT2D eigenvalue weighted by Gasteiger charge is 2.33. The quantitative estimate of drug-likeness (QED) is 0.818. The van der Waals surface area contributed by atoms with Gasteiger partial charge in [-0.15, -0.1) is 0 Å². The molecule has 1 aromatic carbocycles. The van der Waals surface area contributed by atoms with Crippen molar-refractivity contribution in [1.29, 1.82) is 0 Å². The molecule has 114 valence electrons. The van der Waals surface area contributed by atoms with E-state index in [1.165, 1.54) is 32.1 Å². The number of likely N-dealkylation sites (tertiary alicyclic amines) is 1. The van der Waals surface area contributed by atoms with Crippen LogP contribution in [0, 0.1) is 25.7 Å². The molecule has 1 saturated heterocycles. The first-order chi connectivity index (χ1) is 10.1. The lowest BCUT2D eigenvalue weighted by atomic mass is 9.75. The van der Waals surface area contributed by atoms with Crippen molar-refractivity contribution in [2.45, 2.75) is 46.0 Å². The van der Waals surface area contributed by atoms with Gasteiger partial charge in [-0.05, 0) is 49.7 Å². The van der Waals surface area contributed by atoms with Crippen LogP contribution in [0.5, 0.6) is 0 Å². The average molecular weight is 286 g/mol. The molecule has 21 heavy (non-hydrogen) atoms.